The maximum absolute atomic E-state index is 14.2. The molecule has 5 rings (SSSR count). The summed E-state index contributed by atoms with van der Waals surface area (Å²) in [4.78, 5) is 48.6. The number of nitrogens with two attached hydrogens (primary N) is 3. The highest BCUT2D eigenvalue weighted by molar-refractivity contribution is 5.89. The number of hydrogen-bond acceptors (Lipinski definition) is 5. The van der Waals surface area contributed by atoms with Gasteiger partial charge in [0.25, 0.3) is 0 Å². The predicted molar refractivity (Wildman–Crippen MR) is 187 cm³/mol. The molecule has 1 aliphatic heterocycles. The molecule has 4 aromatic rings. The summed E-state index contributed by atoms with van der Waals surface area (Å²) >= 11 is 0. The van der Waals surface area contributed by atoms with Crippen LogP contribution in [0.15, 0.2) is 89.9 Å². The van der Waals surface area contributed by atoms with Gasteiger partial charge in [-0.2, -0.15) is 0 Å². The van der Waals surface area contributed by atoms with Crippen LogP contribution >= 0.6 is 0 Å². The molecular formula is C37H45N7O3. The molecule has 0 spiro atoms. The van der Waals surface area contributed by atoms with Crippen molar-refractivity contribution in [2.24, 2.45) is 22.2 Å². The number of guanidine groups is 1. The van der Waals surface area contributed by atoms with Crippen molar-refractivity contribution < 1.29 is 14.4 Å². The summed E-state index contributed by atoms with van der Waals surface area (Å²) in [7, 11) is 0. The molecule has 4 aromatic carbocycles. The van der Waals surface area contributed by atoms with Crippen LogP contribution in [0.1, 0.15) is 38.3 Å². The van der Waals surface area contributed by atoms with Crippen LogP contribution in [0.2, 0.25) is 0 Å². The number of rotatable bonds is 10. The molecule has 0 saturated carbocycles. The lowest BCUT2D eigenvalue weighted by atomic mass is 9.94. The molecule has 10 heteroatoms. The third kappa shape index (κ3) is 7.89. The molecule has 10 nitrogen and oxygen atoms in total. The van der Waals surface area contributed by atoms with Crippen LogP contribution in [0.25, 0.3) is 21.5 Å². The van der Waals surface area contributed by atoms with E-state index in [1.54, 1.807) is 9.80 Å². The second-order valence-corrected chi connectivity index (χ2v) is 12.6. The standard InChI is InChI=1S/C37H45N7O3/c1-4-32(42-37(39)40)34-22-43(36(47)33(41-24(3)45)20-26-14-16-28-10-6-8-12-30(28)18-26)23(2)21-44(34)35(46)31(38)19-25-13-15-27-9-5-7-11-29(27)17-25/h5-18,23,31-34H,4,19-22,38H2,1-3H3,(H,41,45)(H4,39,40,42)/t23?,31?,32-,33?,34?/m0/s1. The lowest BCUT2D eigenvalue weighted by Gasteiger charge is -2.48. The topological polar surface area (TPSA) is 160 Å². The summed E-state index contributed by atoms with van der Waals surface area (Å²) < 4.78 is 0. The van der Waals surface area contributed by atoms with Crippen LogP contribution in [0.5, 0.6) is 0 Å². The third-order valence-corrected chi connectivity index (χ3v) is 9.04. The van der Waals surface area contributed by atoms with Gasteiger partial charge in [0.15, 0.2) is 5.96 Å². The quantitative estimate of drug-likeness (QED) is 0.155. The highest BCUT2D eigenvalue weighted by Crippen LogP contribution is 2.25. The van der Waals surface area contributed by atoms with Gasteiger partial charge in [-0.1, -0.05) is 91.9 Å². The lowest BCUT2D eigenvalue weighted by Crippen LogP contribution is -2.67. The Morgan fingerprint density at radius 1 is 0.809 bits per heavy atom. The first-order chi connectivity index (χ1) is 22.5. The van der Waals surface area contributed by atoms with Crippen LogP contribution in [-0.4, -0.2) is 76.8 Å². The van der Waals surface area contributed by atoms with E-state index in [1.165, 1.54) is 6.92 Å². The van der Waals surface area contributed by atoms with Gasteiger partial charge >= 0.3 is 0 Å². The molecule has 0 radical (unpaired) electrons. The van der Waals surface area contributed by atoms with Gasteiger partial charge < -0.3 is 32.3 Å². The minimum atomic E-state index is -0.801. The van der Waals surface area contributed by atoms with E-state index >= 15 is 0 Å². The average molecular weight is 636 g/mol. The van der Waals surface area contributed by atoms with E-state index in [0.717, 1.165) is 32.7 Å². The van der Waals surface area contributed by atoms with Crippen molar-refractivity contribution in [1.29, 1.82) is 0 Å². The van der Waals surface area contributed by atoms with Crippen LogP contribution in [-0.2, 0) is 27.2 Å². The summed E-state index contributed by atoms with van der Waals surface area (Å²) in [5, 5.41) is 7.23. The Labute approximate surface area is 276 Å². The normalized spacial score (nSPS) is 18.4. The molecule has 1 saturated heterocycles. The number of aliphatic imine (C=N–C) groups is 1. The van der Waals surface area contributed by atoms with Crippen LogP contribution in [0.3, 0.4) is 0 Å². The Hall–Kier alpha value is -4.96. The number of nitrogens with one attached hydrogen (secondary N) is 1. The fourth-order valence-corrected chi connectivity index (χ4v) is 6.70. The van der Waals surface area contributed by atoms with E-state index in [9.17, 15) is 14.4 Å². The number of amides is 3. The van der Waals surface area contributed by atoms with Gasteiger partial charge in [0.2, 0.25) is 17.7 Å². The maximum Gasteiger partial charge on any atom is 0.245 e. The van der Waals surface area contributed by atoms with Gasteiger partial charge in [-0.15, -0.1) is 0 Å². The molecule has 246 valence electrons. The Balaban J connectivity index is 1.39. The SMILES string of the molecule is CC[C@H](N=C(N)N)C1CN(C(=O)C(Cc2ccc3ccccc3c2)NC(C)=O)C(C)CN1C(=O)C(N)Cc1ccc2ccccc2c1. The third-order valence-electron chi connectivity index (χ3n) is 9.04. The van der Waals surface area contributed by atoms with E-state index in [0.29, 0.717) is 19.3 Å². The molecule has 47 heavy (non-hydrogen) atoms. The summed E-state index contributed by atoms with van der Waals surface area (Å²) in [5.41, 5.74) is 20.1. The van der Waals surface area contributed by atoms with Gasteiger partial charge in [0.05, 0.1) is 18.1 Å². The van der Waals surface area contributed by atoms with Gasteiger partial charge in [-0.3, -0.25) is 14.4 Å². The van der Waals surface area contributed by atoms with Crippen LogP contribution < -0.4 is 22.5 Å². The molecule has 0 bridgehead atoms. The van der Waals surface area contributed by atoms with Gasteiger partial charge in [0, 0.05) is 32.5 Å². The van der Waals surface area contributed by atoms with E-state index in [2.05, 4.69) is 16.4 Å². The Kier molecular flexibility index (Phi) is 10.4. The number of hydrogen-bond donors (Lipinski definition) is 4. The van der Waals surface area contributed by atoms with Crippen LogP contribution in [0, 0.1) is 0 Å². The maximum atomic E-state index is 14.2. The zero-order chi connectivity index (χ0) is 33.7. The minimum Gasteiger partial charge on any atom is -0.370 e. The number of carbonyl (C=O) groups is 3. The van der Waals surface area contributed by atoms with Crippen molar-refractivity contribution in [3.8, 4) is 0 Å². The highest BCUT2D eigenvalue weighted by Gasteiger charge is 2.42. The van der Waals surface area contributed by atoms with Gasteiger partial charge in [-0.25, -0.2) is 4.99 Å². The van der Waals surface area contributed by atoms with Crippen molar-refractivity contribution in [2.75, 3.05) is 13.1 Å². The summed E-state index contributed by atoms with van der Waals surface area (Å²) in [5.74, 6) is -0.832. The largest absolute Gasteiger partial charge is 0.370 e. The molecule has 4 unspecified atom stereocenters. The monoisotopic (exact) mass is 635 g/mol. The molecule has 1 aliphatic rings. The molecule has 0 aromatic heterocycles. The zero-order valence-electron chi connectivity index (χ0n) is 27.3. The predicted octanol–water partition coefficient (Wildman–Crippen LogP) is 3.09. The lowest BCUT2D eigenvalue weighted by molar-refractivity contribution is -0.149. The van der Waals surface area contributed by atoms with Crippen molar-refractivity contribution in [2.45, 2.75) is 70.2 Å². The highest BCUT2D eigenvalue weighted by atomic mass is 16.2. The van der Waals surface area contributed by atoms with Gasteiger partial charge in [0.1, 0.15) is 6.04 Å². The number of benzene rings is 4. The minimum absolute atomic E-state index is 0.0892. The molecular weight excluding hydrogens is 590 g/mol. The molecule has 3 amide bonds. The Morgan fingerprint density at radius 2 is 1.36 bits per heavy atom. The second kappa shape index (κ2) is 14.6. The van der Waals surface area contributed by atoms with Crippen molar-refractivity contribution in [3.05, 3.63) is 96.1 Å². The van der Waals surface area contributed by atoms with E-state index < -0.39 is 24.2 Å². The molecule has 0 aliphatic carbocycles. The average Bonchev–Trinajstić information content (AvgIpc) is 3.05. The number of fused-ring (bicyclic) bond motifs is 2. The molecule has 5 atom stereocenters. The van der Waals surface area contributed by atoms with Crippen molar-refractivity contribution in [1.82, 2.24) is 15.1 Å². The summed E-state index contributed by atoms with van der Waals surface area (Å²) in [6.45, 7) is 5.70. The van der Waals surface area contributed by atoms with E-state index in [4.69, 9.17) is 17.2 Å². The zero-order valence-corrected chi connectivity index (χ0v) is 27.3. The number of carbonyl (C=O) groups excluding carboxylic acids is 3. The fourth-order valence-electron chi connectivity index (χ4n) is 6.70. The fraction of sp³-hybridized carbons (Fsp3) is 0.351. The van der Waals surface area contributed by atoms with E-state index in [-0.39, 0.29) is 42.8 Å². The van der Waals surface area contributed by atoms with Crippen LogP contribution in [0.4, 0.5) is 0 Å². The van der Waals surface area contributed by atoms with Crippen molar-refractivity contribution in [3.63, 3.8) is 0 Å². The van der Waals surface area contributed by atoms with E-state index in [1.807, 2.05) is 92.7 Å². The van der Waals surface area contributed by atoms with Gasteiger partial charge in [-0.05, 0) is 52.4 Å². The number of piperazine rings is 1. The van der Waals surface area contributed by atoms with Crippen molar-refractivity contribution >= 4 is 45.2 Å². The molecule has 7 N–H and O–H groups in total. The summed E-state index contributed by atoms with van der Waals surface area (Å²) in [6.07, 6.45) is 1.22. The second-order valence-electron chi connectivity index (χ2n) is 12.6. The number of nitrogens with zero attached hydrogens (tertiary/aromatic N) is 3. The first kappa shape index (κ1) is 33.4. The Morgan fingerprint density at radius 3 is 1.89 bits per heavy atom. The Bertz CT molecular complexity index is 1790. The molecule has 1 heterocycles. The first-order valence-corrected chi connectivity index (χ1v) is 16.2. The summed E-state index contributed by atoms with van der Waals surface area (Å²) in [6, 6.07) is 25.3. The molecule has 1 fully saturated rings. The smallest absolute Gasteiger partial charge is 0.245 e. The first-order valence-electron chi connectivity index (χ1n) is 16.2.